The standard InChI is InChI=1S/C14H24BrNO2/c1-2-11-5-7-14(18,8-6-11)10-16-9-3-4-12(15)13(16)17/h11-12,18H,2-10H2,1H3. The first kappa shape index (κ1) is 14.3. The minimum atomic E-state index is -0.634. The van der Waals surface area contributed by atoms with Gasteiger partial charge in [-0.1, -0.05) is 29.3 Å². The number of nitrogens with zero attached hydrogens (tertiary/aromatic N) is 1. The average Bonchev–Trinajstić information content (AvgIpc) is 2.36. The Labute approximate surface area is 118 Å². The number of aliphatic hydroxyl groups is 1. The highest BCUT2D eigenvalue weighted by atomic mass is 79.9. The number of rotatable bonds is 3. The Kier molecular flexibility index (Phi) is 4.70. The van der Waals surface area contributed by atoms with Crippen LogP contribution in [0.1, 0.15) is 51.9 Å². The number of β-amino-alcohol motifs (C(OH)–C–C–N with tert-alkyl or cyclic N) is 1. The van der Waals surface area contributed by atoms with Gasteiger partial charge in [0, 0.05) is 13.1 Å². The summed E-state index contributed by atoms with van der Waals surface area (Å²) in [6.07, 6.45) is 7.08. The molecule has 0 aromatic heterocycles. The van der Waals surface area contributed by atoms with Crippen LogP contribution in [-0.4, -0.2) is 39.4 Å². The highest BCUT2D eigenvalue weighted by Crippen LogP contribution is 2.35. The maximum Gasteiger partial charge on any atom is 0.236 e. The van der Waals surface area contributed by atoms with E-state index in [2.05, 4.69) is 22.9 Å². The number of halogens is 1. The Balaban J connectivity index is 1.90. The lowest BCUT2D eigenvalue weighted by atomic mass is 9.77. The van der Waals surface area contributed by atoms with Crippen LogP contribution in [0.4, 0.5) is 0 Å². The molecule has 1 aliphatic heterocycles. The van der Waals surface area contributed by atoms with Gasteiger partial charge < -0.3 is 10.0 Å². The fraction of sp³-hybridized carbons (Fsp3) is 0.929. The first-order chi connectivity index (χ1) is 8.54. The second-order valence-electron chi connectivity index (χ2n) is 5.95. The van der Waals surface area contributed by atoms with E-state index < -0.39 is 5.60 Å². The van der Waals surface area contributed by atoms with E-state index in [1.54, 1.807) is 0 Å². The van der Waals surface area contributed by atoms with Crippen molar-refractivity contribution in [3.63, 3.8) is 0 Å². The van der Waals surface area contributed by atoms with E-state index >= 15 is 0 Å². The number of amides is 1. The van der Waals surface area contributed by atoms with Gasteiger partial charge in [-0.25, -0.2) is 0 Å². The molecule has 0 bridgehead atoms. The zero-order valence-corrected chi connectivity index (χ0v) is 12.8. The second kappa shape index (κ2) is 5.91. The van der Waals surface area contributed by atoms with E-state index in [4.69, 9.17) is 0 Å². The van der Waals surface area contributed by atoms with E-state index in [9.17, 15) is 9.90 Å². The topological polar surface area (TPSA) is 40.5 Å². The largest absolute Gasteiger partial charge is 0.388 e. The van der Waals surface area contributed by atoms with Crippen LogP contribution in [0, 0.1) is 5.92 Å². The molecule has 0 radical (unpaired) electrons. The van der Waals surface area contributed by atoms with Gasteiger partial charge in [-0.05, 0) is 44.4 Å². The molecule has 1 unspecified atom stereocenters. The van der Waals surface area contributed by atoms with Crippen molar-refractivity contribution in [3.05, 3.63) is 0 Å². The van der Waals surface area contributed by atoms with Gasteiger partial charge in [-0.15, -0.1) is 0 Å². The van der Waals surface area contributed by atoms with E-state index in [0.29, 0.717) is 6.54 Å². The smallest absolute Gasteiger partial charge is 0.236 e. The minimum Gasteiger partial charge on any atom is -0.388 e. The van der Waals surface area contributed by atoms with Crippen LogP contribution in [0.3, 0.4) is 0 Å². The SMILES string of the molecule is CCC1CCC(O)(CN2CCCC(Br)C2=O)CC1. The van der Waals surface area contributed by atoms with Crippen LogP contribution in [0.2, 0.25) is 0 Å². The summed E-state index contributed by atoms with van der Waals surface area (Å²) in [6.45, 7) is 3.56. The number of hydrogen-bond acceptors (Lipinski definition) is 2. The van der Waals surface area contributed by atoms with Crippen LogP contribution < -0.4 is 0 Å². The van der Waals surface area contributed by atoms with Crippen molar-refractivity contribution in [2.24, 2.45) is 5.92 Å². The molecule has 18 heavy (non-hydrogen) atoms. The average molecular weight is 318 g/mol. The Hall–Kier alpha value is -0.0900. The zero-order valence-electron chi connectivity index (χ0n) is 11.2. The van der Waals surface area contributed by atoms with E-state index in [1.165, 1.54) is 6.42 Å². The highest BCUT2D eigenvalue weighted by molar-refractivity contribution is 9.10. The van der Waals surface area contributed by atoms with Gasteiger partial charge in [-0.3, -0.25) is 4.79 Å². The van der Waals surface area contributed by atoms with Crippen molar-refractivity contribution >= 4 is 21.8 Å². The Morgan fingerprint density at radius 1 is 1.39 bits per heavy atom. The molecular formula is C14H24BrNO2. The molecule has 1 amide bonds. The van der Waals surface area contributed by atoms with Crippen molar-refractivity contribution in [1.82, 2.24) is 4.90 Å². The quantitative estimate of drug-likeness (QED) is 0.813. The third kappa shape index (κ3) is 3.27. The summed E-state index contributed by atoms with van der Waals surface area (Å²) in [4.78, 5) is 13.8. The van der Waals surface area contributed by atoms with Gasteiger partial charge in [0.15, 0.2) is 0 Å². The number of carbonyl (C=O) groups excluding carboxylic acids is 1. The van der Waals surface area contributed by atoms with Crippen molar-refractivity contribution in [3.8, 4) is 0 Å². The van der Waals surface area contributed by atoms with Gasteiger partial charge in [0.1, 0.15) is 0 Å². The third-order valence-electron chi connectivity index (χ3n) is 4.56. The zero-order chi connectivity index (χ0) is 13.2. The monoisotopic (exact) mass is 317 g/mol. The maximum absolute atomic E-state index is 12.0. The number of piperidine rings is 1. The van der Waals surface area contributed by atoms with Gasteiger partial charge in [0.05, 0.1) is 10.4 Å². The normalized spacial score (nSPS) is 37.9. The fourth-order valence-corrected chi connectivity index (χ4v) is 3.80. The molecule has 2 aliphatic rings. The maximum atomic E-state index is 12.0. The van der Waals surface area contributed by atoms with Crippen molar-refractivity contribution in [1.29, 1.82) is 0 Å². The predicted octanol–water partition coefficient (Wildman–Crippen LogP) is 2.70. The number of likely N-dealkylation sites (tertiary alicyclic amines) is 1. The molecule has 1 saturated carbocycles. The van der Waals surface area contributed by atoms with Gasteiger partial charge in [0.25, 0.3) is 0 Å². The first-order valence-electron chi connectivity index (χ1n) is 7.19. The summed E-state index contributed by atoms with van der Waals surface area (Å²) in [6, 6.07) is 0. The van der Waals surface area contributed by atoms with Crippen LogP contribution >= 0.6 is 15.9 Å². The highest BCUT2D eigenvalue weighted by Gasteiger charge is 2.37. The predicted molar refractivity (Wildman–Crippen MR) is 75.7 cm³/mol. The molecule has 1 N–H and O–H groups in total. The van der Waals surface area contributed by atoms with Gasteiger partial charge in [0.2, 0.25) is 5.91 Å². The van der Waals surface area contributed by atoms with Crippen molar-refractivity contribution < 1.29 is 9.90 Å². The molecule has 2 fully saturated rings. The van der Waals surface area contributed by atoms with Crippen LogP contribution in [0.5, 0.6) is 0 Å². The molecule has 1 heterocycles. The summed E-state index contributed by atoms with van der Waals surface area (Å²) in [5.74, 6) is 0.929. The van der Waals surface area contributed by atoms with Gasteiger partial charge in [-0.2, -0.15) is 0 Å². The van der Waals surface area contributed by atoms with Crippen molar-refractivity contribution in [2.45, 2.75) is 62.3 Å². The summed E-state index contributed by atoms with van der Waals surface area (Å²) >= 11 is 3.42. The lowest BCUT2D eigenvalue weighted by molar-refractivity contribution is -0.137. The number of hydrogen-bond donors (Lipinski definition) is 1. The lowest BCUT2D eigenvalue weighted by Gasteiger charge is -2.41. The second-order valence-corrected chi connectivity index (χ2v) is 7.05. The Morgan fingerprint density at radius 3 is 2.67 bits per heavy atom. The van der Waals surface area contributed by atoms with Crippen LogP contribution in [0.15, 0.2) is 0 Å². The van der Waals surface area contributed by atoms with Crippen LogP contribution in [0.25, 0.3) is 0 Å². The van der Waals surface area contributed by atoms with Crippen molar-refractivity contribution in [2.75, 3.05) is 13.1 Å². The molecule has 4 heteroatoms. The van der Waals surface area contributed by atoms with Crippen LogP contribution in [-0.2, 0) is 4.79 Å². The molecule has 0 aromatic rings. The molecule has 1 atom stereocenters. The number of carbonyl (C=O) groups is 1. The Bertz CT molecular complexity index is 300. The van der Waals surface area contributed by atoms with E-state index in [1.807, 2.05) is 4.90 Å². The van der Waals surface area contributed by atoms with Gasteiger partial charge >= 0.3 is 0 Å². The lowest BCUT2D eigenvalue weighted by Crippen LogP contribution is -2.51. The minimum absolute atomic E-state index is 0.0400. The molecule has 2 rings (SSSR count). The van der Waals surface area contributed by atoms with E-state index in [0.717, 1.165) is 51.0 Å². The molecule has 0 spiro atoms. The molecular weight excluding hydrogens is 294 g/mol. The Morgan fingerprint density at radius 2 is 2.06 bits per heavy atom. The summed E-state index contributed by atoms with van der Waals surface area (Å²) < 4.78 is 0. The fourth-order valence-electron chi connectivity index (χ4n) is 3.19. The summed E-state index contributed by atoms with van der Waals surface area (Å²) in [7, 11) is 0. The molecule has 0 aromatic carbocycles. The molecule has 1 saturated heterocycles. The summed E-state index contributed by atoms with van der Waals surface area (Å²) in [5.41, 5.74) is -0.634. The third-order valence-corrected chi connectivity index (χ3v) is 5.41. The molecule has 3 nitrogen and oxygen atoms in total. The number of alkyl halides is 1. The molecule has 104 valence electrons. The molecule has 1 aliphatic carbocycles. The first-order valence-corrected chi connectivity index (χ1v) is 8.11. The van der Waals surface area contributed by atoms with E-state index in [-0.39, 0.29) is 10.7 Å². The summed E-state index contributed by atoms with van der Waals surface area (Å²) in [5, 5.41) is 10.6.